The Morgan fingerprint density at radius 2 is 1.95 bits per heavy atom. The van der Waals surface area contributed by atoms with Crippen molar-refractivity contribution in [1.82, 2.24) is 15.1 Å². The molecule has 0 aromatic rings. The topological polar surface area (TPSA) is 27.7 Å². The van der Waals surface area contributed by atoms with Crippen molar-refractivity contribution < 1.29 is 4.74 Å². The zero-order chi connectivity index (χ0) is 14.3. The summed E-state index contributed by atoms with van der Waals surface area (Å²) in [5.74, 6) is 0.773. The van der Waals surface area contributed by atoms with Gasteiger partial charge in [0.15, 0.2) is 0 Å². The number of piperidine rings is 2. The molecule has 0 amide bonds. The quantitative estimate of drug-likeness (QED) is 0.753. The Kier molecular flexibility index (Phi) is 6.34. The first-order chi connectivity index (χ1) is 10.4. The highest BCUT2D eigenvalue weighted by molar-refractivity contribution is 4.86. The Hall–Kier alpha value is -0.160. The molecule has 0 aliphatic carbocycles. The fourth-order valence-corrected chi connectivity index (χ4v) is 4.14. The minimum absolute atomic E-state index is 0.773. The molecule has 3 aliphatic rings. The van der Waals surface area contributed by atoms with Gasteiger partial charge in [-0.2, -0.15) is 0 Å². The maximum absolute atomic E-state index is 5.97. The van der Waals surface area contributed by atoms with Crippen LogP contribution in [0.2, 0.25) is 0 Å². The largest absolute Gasteiger partial charge is 0.381 e. The monoisotopic (exact) mass is 295 g/mol. The van der Waals surface area contributed by atoms with E-state index in [1.165, 1.54) is 84.3 Å². The summed E-state index contributed by atoms with van der Waals surface area (Å²) in [6.45, 7) is 10.7. The minimum atomic E-state index is 0.773. The fourth-order valence-electron chi connectivity index (χ4n) is 4.14. The number of piperazine rings is 1. The maximum atomic E-state index is 5.97. The van der Waals surface area contributed by atoms with Gasteiger partial charge in [0, 0.05) is 45.4 Å². The lowest BCUT2D eigenvalue weighted by Crippen LogP contribution is -2.55. The molecule has 0 aromatic heterocycles. The first-order valence-corrected chi connectivity index (χ1v) is 9.17. The molecule has 0 spiro atoms. The van der Waals surface area contributed by atoms with Gasteiger partial charge in [-0.15, -0.1) is 0 Å². The van der Waals surface area contributed by atoms with Crippen molar-refractivity contribution in [2.75, 3.05) is 59.0 Å². The summed E-state index contributed by atoms with van der Waals surface area (Å²) in [5.41, 5.74) is 0. The molecule has 0 saturated carbocycles. The molecule has 4 nitrogen and oxygen atoms in total. The Morgan fingerprint density at radius 1 is 1.05 bits per heavy atom. The number of hydrogen-bond donors (Lipinski definition) is 1. The van der Waals surface area contributed by atoms with Gasteiger partial charge in [-0.25, -0.2) is 0 Å². The van der Waals surface area contributed by atoms with Crippen molar-refractivity contribution in [2.45, 2.75) is 44.6 Å². The molecule has 3 rings (SSSR count). The van der Waals surface area contributed by atoms with E-state index in [0.29, 0.717) is 0 Å². The van der Waals surface area contributed by atoms with Crippen molar-refractivity contribution in [2.24, 2.45) is 5.92 Å². The van der Waals surface area contributed by atoms with Crippen molar-refractivity contribution in [1.29, 1.82) is 0 Å². The molecule has 0 bridgehead atoms. The smallest absolute Gasteiger partial charge is 0.0506 e. The van der Waals surface area contributed by atoms with Gasteiger partial charge < -0.3 is 15.0 Å². The molecule has 21 heavy (non-hydrogen) atoms. The Bertz CT molecular complexity index is 294. The molecule has 0 radical (unpaired) electrons. The summed E-state index contributed by atoms with van der Waals surface area (Å²) < 4.78 is 5.97. The van der Waals surface area contributed by atoms with Gasteiger partial charge in [0.1, 0.15) is 0 Å². The molecular weight excluding hydrogens is 262 g/mol. The highest BCUT2D eigenvalue weighted by Crippen LogP contribution is 2.23. The van der Waals surface area contributed by atoms with E-state index in [4.69, 9.17) is 4.74 Å². The second kappa shape index (κ2) is 8.47. The van der Waals surface area contributed by atoms with E-state index in [9.17, 15) is 0 Å². The SMILES string of the molecule is C1CCN(CCCOC[C@H]2CC[C@H]3CNCCN3C2)CC1. The molecule has 3 heterocycles. The van der Waals surface area contributed by atoms with E-state index < -0.39 is 0 Å². The van der Waals surface area contributed by atoms with Crippen LogP contribution < -0.4 is 5.32 Å². The summed E-state index contributed by atoms with van der Waals surface area (Å²) >= 11 is 0. The predicted octanol–water partition coefficient (Wildman–Crippen LogP) is 1.56. The van der Waals surface area contributed by atoms with Crippen molar-refractivity contribution >= 4 is 0 Å². The zero-order valence-electron chi connectivity index (χ0n) is 13.6. The lowest BCUT2D eigenvalue weighted by molar-refractivity contribution is 0.0266. The van der Waals surface area contributed by atoms with E-state index in [1.54, 1.807) is 0 Å². The van der Waals surface area contributed by atoms with Gasteiger partial charge in [0.25, 0.3) is 0 Å². The van der Waals surface area contributed by atoms with E-state index in [0.717, 1.165) is 25.2 Å². The van der Waals surface area contributed by atoms with Crippen LogP contribution in [0, 0.1) is 5.92 Å². The zero-order valence-corrected chi connectivity index (χ0v) is 13.6. The standard InChI is InChI=1S/C17H33N3O/c1-2-8-19(9-3-1)10-4-12-21-15-16-5-6-17-13-18-7-11-20(17)14-16/h16-18H,1-15H2/t16-,17-/m0/s1. The lowest BCUT2D eigenvalue weighted by Gasteiger charge is -2.42. The third kappa shape index (κ3) is 4.92. The number of nitrogens with one attached hydrogen (secondary N) is 1. The minimum Gasteiger partial charge on any atom is -0.381 e. The molecule has 4 heteroatoms. The highest BCUT2D eigenvalue weighted by Gasteiger charge is 2.29. The van der Waals surface area contributed by atoms with Crippen LogP contribution in [0.5, 0.6) is 0 Å². The fraction of sp³-hybridized carbons (Fsp3) is 1.00. The van der Waals surface area contributed by atoms with Crippen molar-refractivity contribution in [3.05, 3.63) is 0 Å². The molecule has 0 aromatic carbocycles. The van der Waals surface area contributed by atoms with Crippen LogP contribution in [0.1, 0.15) is 38.5 Å². The van der Waals surface area contributed by atoms with Crippen molar-refractivity contribution in [3.63, 3.8) is 0 Å². The maximum Gasteiger partial charge on any atom is 0.0506 e. The van der Waals surface area contributed by atoms with Gasteiger partial charge >= 0.3 is 0 Å². The molecule has 3 fully saturated rings. The highest BCUT2D eigenvalue weighted by atomic mass is 16.5. The number of ether oxygens (including phenoxy) is 1. The summed E-state index contributed by atoms with van der Waals surface area (Å²) in [6, 6.07) is 0.800. The summed E-state index contributed by atoms with van der Waals surface area (Å²) in [7, 11) is 0. The number of fused-ring (bicyclic) bond motifs is 1. The van der Waals surface area contributed by atoms with Crippen molar-refractivity contribution in [3.8, 4) is 0 Å². The Balaban J connectivity index is 1.24. The van der Waals surface area contributed by atoms with Crippen LogP contribution >= 0.6 is 0 Å². The van der Waals surface area contributed by atoms with Gasteiger partial charge in [-0.05, 0) is 51.1 Å². The van der Waals surface area contributed by atoms with Crippen LogP contribution in [0.15, 0.2) is 0 Å². The second-order valence-electron chi connectivity index (χ2n) is 7.13. The van der Waals surface area contributed by atoms with E-state index in [1.807, 2.05) is 0 Å². The molecule has 1 N–H and O–H groups in total. The van der Waals surface area contributed by atoms with Crippen LogP contribution in [0.3, 0.4) is 0 Å². The average molecular weight is 295 g/mol. The van der Waals surface area contributed by atoms with Crippen LogP contribution in [0.4, 0.5) is 0 Å². The third-order valence-corrected chi connectivity index (χ3v) is 5.44. The van der Waals surface area contributed by atoms with E-state index in [-0.39, 0.29) is 0 Å². The summed E-state index contributed by atoms with van der Waals surface area (Å²) in [4.78, 5) is 5.29. The predicted molar refractivity (Wildman–Crippen MR) is 86.7 cm³/mol. The van der Waals surface area contributed by atoms with Gasteiger partial charge in [0.2, 0.25) is 0 Å². The number of rotatable bonds is 6. The van der Waals surface area contributed by atoms with Crippen LogP contribution in [-0.2, 0) is 4.74 Å². The lowest BCUT2D eigenvalue weighted by atomic mass is 9.92. The van der Waals surface area contributed by atoms with Crippen LogP contribution in [0.25, 0.3) is 0 Å². The van der Waals surface area contributed by atoms with E-state index >= 15 is 0 Å². The molecule has 0 unspecified atom stereocenters. The molecular formula is C17H33N3O. The van der Waals surface area contributed by atoms with Gasteiger partial charge in [-0.1, -0.05) is 6.42 Å². The number of hydrogen-bond acceptors (Lipinski definition) is 4. The number of nitrogens with zero attached hydrogens (tertiary/aromatic N) is 2. The average Bonchev–Trinajstić information content (AvgIpc) is 2.55. The first kappa shape index (κ1) is 15.7. The Morgan fingerprint density at radius 3 is 2.86 bits per heavy atom. The van der Waals surface area contributed by atoms with E-state index in [2.05, 4.69) is 15.1 Å². The first-order valence-electron chi connectivity index (χ1n) is 9.17. The van der Waals surface area contributed by atoms with Crippen LogP contribution in [-0.4, -0.2) is 74.9 Å². The number of likely N-dealkylation sites (tertiary alicyclic amines) is 1. The Labute approximate surface area is 130 Å². The van der Waals surface area contributed by atoms with Gasteiger partial charge in [0.05, 0.1) is 6.61 Å². The second-order valence-corrected chi connectivity index (χ2v) is 7.13. The third-order valence-electron chi connectivity index (χ3n) is 5.44. The molecule has 3 saturated heterocycles. The summed E-state index contributed by atoms with van der Waals surface area (Å²) in [5, 5.41) is 3.51. The normalized spacial score (nSPS) is 32.0. The molecule has 2 atom stereocenters. The van der Waals surface area contributed by atoms with Gasteiger partial charge in [-0.3, -0.25) is 4.90 Å². The summed E-state index contributed by atoms with van der Waals surface area (Å²) in [6.07, 6.45) is 8.15. The molecule has 122 valence electrons. The molecule has 3 aliphatic heterocycles.